The molecular weight excluding hydrogens is 435 g/mol. The molecule has 0 unspecified atom stereocenters. The molecule has 1 amide bonds. The van der Waals surface area contributed by atoms with E-state index in [-0.39, 0.29) is 24.4 Å². The van der Waals surface area contributed by atoms with Crippen molar-refractivity contribution in [2.45, 2.75) is 25.4 Å². The van der Waals surface area contributed by atoms with Crippen molar-refractivity contribution in [3.8, 4) is 0 Å². The number of fused-ring (bicyclic) bond motifs is 1. The van der Waals surface area contributed by atoms with E-state index in [4.69, 9.17) is 23.2 Å². The standard InChI is InChI=1S/C21H20Cl2N2OS.ClH/c22-15-6-7-17-18(12-15)27-20(19(17)23)21(26)24-16-8-10-25(11-9-16)13-14-4-2-1-3-5-14;/h1-7,12,16H,8-11,13H2,(H,24,26);1H/p-1. The molecule has 0 spiro atoms. The molecule has 0 aliphatic carbocycles. The summed E-state index contributed by atoms with van der Waals surface area (Å²) in [6.07, 6.45) is 1.90. The van der Waals surface area contributed by atoms with Crippen molar-refractivity contribution >= 4 is 50.5 Å². The summed E-state index contributed by atoms with van der Waals surface area (Å²) in [4.78, 5) is 15.7. The number of benzene rings is 2. The Labute approximate surface area is 185 Å². The highest BCUT2D eigenvalue weighted by atomic mass is 35.5. The van der Waals surface area contributed by atoms with Crippen molar-refractivity contribution in [1.29, 1.82) is 0 Å². The molecular formula is C21H20Cl3N2OS-. The van der Waals surface area contributed by atoms with E-state index in [1.54, 1.807) is 6.07 Å². The van der Waals surface area contributed by atoms with Crippen molar-refractivity contribution in [2.24, 2.45) is 0 Å². The lowest BCUT2D eigenvalue weighted by atomic mass is 10.0. The molecule has 1 aliphatic heterocycles. The van der Waals surface area contributed by atoms with Crippen LogP contribution in [-0.2, 0) is 6.54 Å². The molecule has 2 aromatic carbocycles. The first-order valence-corrected chi connectivity index (χ1v) is 10.6. The van der Waals surface area contributed by atoms with Gasteiger partial charge >= 0.3 is 0 Å². The highest BCUT2D eigenvalue weighted by molar-refractivity contribution is 7.21. The van der Waals surface area contributed by atoms with E-state index in [2.05, 4.69) is 34.5 Å². The third-order valence-electron chi connectivity index (χ3n) is 4.97. The van der Waals surface area contributed by atoms with Gasteiger partial charge in [-0.05, 0) is 30.5 Å². The number of hydrogen-bond donors (Lipinski definition) is 1. The average Bonchev–Trinajstić information content (AvgIpc) is 3.00. The number of nitrogens with zero attached hydrogens (tertiary/aromatic N) is 1. The molecule has 1 fully saturated rings. The molecule has 3 nitrogen and oxygen atoms in total. The molecule has 1 N–H and O–H groups in total. The minimum Gasteiger partial charge on any atom is -1.00 e. The minimum absolute atomic E-state index is 0. The number of hydrogen-bond acceptors (Lipinski definition) is 3. The van der Waals surface area contributed by atoms with Crippen LogP contribution in [0, 0.1) is 0 Å². The number of rotatable bonds is 4. The summed E-state index contributed by atoms with van der Waals surface area (Å²) in [5.41, 5.74) is 1.33. The molecule has 0 bridgehead atoms. The van der Waals surface area contributed by atoms with Crippen molar-refractivity contribution < 1.29 is 17.2 Å². The monoisotopic (exact) mass is 453 g/mol. The van der Waals surface area contributed by atoms with Crippen LogP contribution < -0.4 is 17.7 Å². The zero-order chi connectivity index (χ0) is 18.8. The number of amides is 1. The van der Waals surface area contributed by atoms with Crippen molar-refractivity contribution in [1.82, 2.24) is 10.2 Å². The summed E-state index contributed by atoms with van der Waals surface area (Å²) in [7, 11) is 0. The van der Waals surface area contributed by atoms with Gasteiger partial charge in [0.05, 0.1) is 5.02 Å². The molecule has 148 valence electrons. The Balaban J connectivity index is 0.00000225. The van der Waals surface area contributed by atoms with Crippen LogP contribution in [0.5, 0.6) is 0 Å². The van der Waals surface area contributed by atoms with Crippen LogP contribution in [0.4, 0.5) is 0 Å². The molecule has 0 atom stereocenters. The van der Waals surface area contributed by atoms with Crippen LogP contribution in [0.15, 0.2) is 48.5 Å². The van der Waals surface area contributed by atoms with Crippen LogP contribution in [0.25, 0.3) is 10.1 Å². The topological polar surface area (TPSA) is 32.3 Å². The lowest BCUT2D eigenvalue weighted by molar-refractivity contribution is -0.0000141. The maximum atomic E-state index is 12.7. The number of likely N-dealkylation sites (tertiary alicyclic amines) is 1. The van der Waals surface area contributed by atoms with Crippen molar-refractivity contribution in [3.63, 3.8) is 0 Å². The Bertz CT molecular complexity index is 953. The fourth-order valence-electron chi connectivity index (χ4n) is 3.51. The van der Waals surface area contributed by atoms with Crippen molar-refractivity contribution in [2.75, 3.05) is 13.1 Å². The molecule has 1 aliphatic rings. The Morgan fingerprint density at radius 1 is 1.11 bits per heavy atom. The minimum atomic E-state index is -0.0844. The van der Waals surface area contributed by atoms with Gasteiger partial charge in [-0.3, -0.25) is 9.69 Å². The molecule has 0 radical (unpaired) electrons. The molecule has 2 heterocycles. The van der Waals surface area contributed by atoms with Gasteiger partial charge in [0.1, 0.15) is 4.88 Å². The van der Waals surface area contributed by atoms with E-state index in [1.807, 2.05) is 18.2 Å². The van der Waals surface area contributed by atoms with Crippen LogP contribution in [-0.4, -0.2) is 29.9 Å². The highest BCUT2D eigenvalue weighted by Gasteiger charge is 2.24. The quantitative estimate of drug-likeness (QED) is 0.657. The number of carbonyl (C=O) groups excluding carboxylic acids is 1. The molecule has 3 aromatic rings. The average molecular weight is 455 g/mol. The lowest BCUT2D eigenvalue weighted by Gasteiger charge is -2.32. The molecule has 28 heavy (non-hydrogen) atoms. The maximum Gasteiger partial charge on any atom is 0.263 e. The fourth-order valence-corrected chi connectivity index (χ4v) is 5.21. The van der Waals surface area contributed by atoms with E-state index in [0.29, 0.717) is 14.9 Å². The first-order valence-electron chi connectivity index (χ1n) is 9.05. The second-order valence-corrected chi connectivity index (χ2v) is 8.76. The summed E-state index contributed by atoms with van der Waals surface area (Å²) in [6, 6.07) is 16.2. The molecule has 0 saturated carbocycles. The summed E-state index contributed by atoms with van der Waals surface area (Å²) < 4.78 is 0.940. The molecule has 1 aromatic heterocycles. The van der Waals surface area contributed by atoms with Gasteiger partial charge in [-0.15, -0.1) is 11.3 Å². The molecule has 4 rings (SSSR count). The Kier molecular flexibility index (Phi) is 7.24. The van der Waals surface area contributed by atoms with Gasteiger partial charge in [-0.25, -0.2) is 0 Å². The third-order valence-corrected chi connectivity index (χ3v) is 6.86. The van der Waals surface area contributed by atoms with Crippen molar-refractivity contribution in [3.05, 3.63) is 69.0 Å². The normalized spacial score (nSPS) is 15.4. The first-order chi connectivity index (χ1) is 13.1. The second-order valence-electron chi connectivity index (χ2n) is 6.90. The Morgan fingerprint density at radius 2 is 1.82 bits per heavy atom. The molecule has 7 heteroatoms. The van der Waals surface area contributed by atoms with E-state index >= 15 is 0 Å². The summed E-state index contributed by atoms with van der Waals surface area (Å²) in [5.74, 6) is -0.0844. The van der Waals surface area contributed by atoms with E-state index in [0.717, 1.165) is 42.6 Å². The van der Waals surface area contributed by atoms with E-state index < -0.39 is 0 Å². The lowest BCUT2D eigenvalue weighted by Crippen LogP contribution is -3.00. The highest BCUT2D eigenvalue weighted by Crippen LogP contribution is 2.36. The summed E-state index contributed by atoms with van der Waals surface area (Å²) in [5, 5.41) is 5.22. The van der Waals surface area contributed by atoms with Crippen LogP contribution in [0.3, 0.4) is 0 Å². The van der Waals surface area contributed by atoms with E-state index in [9.17, 15) is 4.79 Å². The second kappa shape index (κ2) is 9.47. The fraction of sp³-hybridized carbons (Fsp3) is 0.286. The van der Waals surface area contributed by atoms with Gasteiger partial charge in [-0.1, -0.05) is 59.6 Å². The predicted molar refractivity (Wildman–Crippen MR) is 114 cm³/mol. The van der Waals surface area contributed by atoms with Gasteiger partial charge in [0.15, 0.2) is 0 Å². The van der Waals surface area contributed by atoms with Gasteiger partial charge in [0.2, 0.25) is 0 Å². The first kappa shape index (κ1) is 21.4. The SMILES string of the molecule is O=C(NC1CCN(Cc2ccccc2)CC1)c1sc2cc(Cl)ccc2c1Cl.[Cl-]. The Morgan fingerprint density at radius 3 is 2.54 bits per heavy atom. The number of carbonyl (C=O) groups is 1. The third kappa shape index (κ3) is 4.81. The number of nitrogens with one attached hydrogen (secondary N) is 1. The molecule has 1 saturated heterocycles. The van der Waals surface area contributed by atoms with Gasteiger partial charge in [0, 0.05) is 40.8 Å². The van der Waals surface area contributed by atoms with Gasteiger partial charge in [0.25, 0.3) is 5.91 Å². The predicted octanol–water partition coefficient (Wildman–Crippen LogP) is 2.61. The maximum absolute atomic E-state index is 12.7. The van der Waals surface area contributed by atoms with Crippen LogP contribution in [0.2, 0.25) is 10.0 Å². The van der Waals surface area contributed by atoms with Crippen LogP contribution in [0.1, 0.15) is 28.1 Å². The smallest absolute Gasteiger partial charge is 0.263 e. The largest absolute Gasteiger partial charge is 1.00 e. The van der Waals surface area contributed by atoms with Gasteiger partial charge < -0.3 is 17.7 Å². The zero-order valence-corrected chi connectivity index (χ0v) is 18.2. The summed E-state index contributed by atoms with van der Waals surface area (Å²) >= 11 is 13.9. The number of thiophene rings is 1. The van der Waals surface area contributed by atoms with Gasteiger partial charge in [-0.2, -0.15) is 0 Å². The number of halogens is 3. The van der Waals surface area contributed by atoms with E-state index in [1.165, 1.54) is 16.9 Å². The zero-order valence-electron chi connectivity index (χ0n) is 15.1. The Hall–Kier alpha value is -1.30. The van der Waals surface area contributed by atoms with Crippen LogP contribution >= 0.6 is 34.5 Å². The number of piperidine rings is 1. The summed E-state index contributed by atoms with van der Waals surface area (Å²) in [6.45, 7) is 2.93.